The van der Waals surface area contributed by atoms with Crippen molar-refractivity contribution in [2.75, 3.05) is 6.54 Å². The van der Waals surface area contributed by atoms with Crippen LogP contribution < -0.4 is 0 Å². The van der Waals surface area contributed by atoms with Gasteiger partial charge in [0.05, 0.1) is 0 Å². The highest BCUT2D eigenvalue weighted by Crippen LogP contribution is 2.23. The van der Waals surface area contributed by atoms with E-state index >= 15 is 0 Å². The van der Waals surface area contributed by atoms with Crippen molar-refractivity contribution in [3.05, 3.63) is 53.9 Å². The minimum absolute atomic E-state index is 0.696. The molecule has 1 aliphatic rings. The van der Waals surface area contributed by atoms with Gasteiger partial charge in [-0.1, -0.05) is 36.2 Å². The molecule has 3 rings (SSSR count). The number of pyridine rings is 1. The fourth-order valence-electron chi connectivity index (χ4n) is 3.10. The van der Waals surface area contributed by atoms with Crippen LogP contribution in [0.3, 0.4) is 0 Å². The Balaban J connectivity index is 1.78. The molecule has 0 radical (unpaired) electrons. The second kappa shape index (κ2) is 6.40. The summed E-state index contributed by atoms with van der Waals surface area (Å²) in [6.07, 6.45) is 8.01. The summed E-state index contributed by atoms with van der Waals surface area (Å²) in [5.74, 6) is 0. The summed E-state index contributed by atoms with van der Waals surface area (Å²) in [4.78, 5) is 7.03. The van der Waals surface area contributed by atoms with Gasteiger partial charge in [-0.2, -0.15) is 0 Å². The maximum absolute atomic E-state index is 4.45. The van der Waals surface area contributed by atoms with Crippen molar-refractivity contribution >= 4 is 0 Å². The molecule has 110 valence electrons. The van der Waals surface area contributed by atoms with E-state index in [4.69, 9.17) is 0 Å². The van der Waals surface area contributed by atoms with Gasteiger partial charge in [-0.15, -0.1) is 0 Å². The fraction of sp³-hybridized carbons (Fsp3) is 0.421. The molecule has 1 saturated heterocycles. The van der Waals surface area contributed by atoms with Crippen LogP contribution in [0.2, 0.25) is 0 Å². The second-order valence-corrected chi connectivity index (χ2v) is 6.26. The molecular formula is C19H24N2. The minimum Gasteiger partial charge on any atom is -0.296 e. The van der Waals surface area contributed by atoms with Gasteiger partial charge in [-0.3, -0.25) is 9.88 Å². The molecule has 1 aromatic heterocycles. The van der Waals surface area contributed by atoms with E-state index in [0.29, 0.717) is 6.04 Å². The SMILES string of the molecule is Cc1ccc(-c2cncc(CN3CCCC[C@@H]3C)c2)cc1. The number of nitrogens with zero attached hydrogens (tertiary/aromatic N) is 2. The predicted molar refractivity (Wildman–Crippen MR) is 88.1 cm³/mol. The van der Waals surface area contributed by atoms with Gasteiger partial charge < -0.3 is 0 Å². The van der Waals surface area contributed by atoms with Crippen LogP contribution >= 0.6 is 0 Å². The molecule has 0 bridgehead atoms. The Morgan fingerprint density at radius 1 is 1.10 bits per heavy atom. The highest BCUT2D eigenvalue weighted by molar-refractivity contribution is 5.63. The van der Waals surface area contributed by atoms with Crippen molar-refractivity contribution in [2.45, 2.75) is 45.7 Å². The maximum Gasteiger partial charge on any atom is 0.0346 e. The summed E-state index contributed by atoms with van der Waals surface area (Å²) >= 11 is 0. The number of likely N-dealkylation sites (tertiary alicyclic amines) is 1. The van der Waals surface area contributed by atoms with Crippen LogP contribution in [0, 0.1) is 6.92 Å². The van der Waals surface area contributed by atoms with Crippen molar-refractivity contribution in [1.29, 1.82) is 0 Å². The number of rotatable bonds is 3. The third kappa shape index (κ3) is 3.51. The number of aromatic nitrogens is 1. The first kappa shape index (κ1) is 14.3. The lowest BCUT2D eigenvalue weighted by Gasteiger charge is -2.33. The van der Waals surface area contributed by atoms with Crippen LogP contribution in [0.1, 0.15) is 37.3 Å². The van der Waals surface area contributed by atoms with E-state index in [9.17, 15) is 0 Å². The zero-order valence-electron chi connectivity index (χ0n) is 13.0. The molecule has 0 aliphatic carbocycles. The molecule has 2 nitrogen and oxygen atoms in total. The molecule has 1 atom stereocenters. The van der Waals surface area contributed by atoms with Gasteiger partial charge in [0, 0.05) is 30.5 Å². The van der Waals surface area contributed by atoms with E-state index in [0.717, 1.165) is 6.54 Å². The molecular weight excluding hydrogens is 256 g/mol. The number of hydrogen-bond acceptors (Lipinski definition) is 2. The monoisotopic (exact) mass is 280 g/mol. The molecule has 0 spiro atoms. The summed E-state index contributed by atoms with van der Waals surface area (Å²) in [5.41, 5.74) is 5.09. The molecule has 1 aliphatic heterocycles. The molecule has 21 heavy (non-hydrogen) atoms. The topological polar surface area (TPSA) is 16.1 Å². The van der Waals surface area contributed by atoms with Crippen molar-refractivity contribution in [3.8, 4) is 11.1 Å². The smallest absolute Gasteiger partial charge is 0.0346 e. The number of benzene rings is 1. The first-order chi connectivity index (χ1) is 10.2. The Morgan fingerprint density at radius 3 is 2.67 bits per heavy atom. The summed E-state index contributed by atoms with van der Waals surface area (Å²) in [6.45, 7) is 6.70. The van der Waals surface area contributed by atoms with Crippen LogP contribution in [0.15, 0.2) is 42.7 Å². The number of aryl methyl sites for hydroxylation is 1. The van der Waals surface area contributed by atoms with Gasteiger partial charge in [0.25, 0.3) is 0 Å². The highest BCUT2D eigenvalue weighted by atomic mass is 15.2. The third-order valence-corrected chi connectivity index (χ3v) is 4.51. The average Bonchev–Trinajstić information content (AvgIpc) is 2.51. The minimum atomic E-state index is 0.696. The van der Waals surface area contributed by atoms with Crippen molar-refractivity contribution in [3.63, 3.8) is 0 Å². The van der Waals surface area contributed by atoms with Gasteiger partial charge in [0.15, 0.2) is 0 Å². The Bertz CT molecular complexity index is 589. The molecule has 0 amide bonds. The predicted octanol–water partition coefficient (Wildman–Crippen LogP) is 4.43. The lowest BCUT2D eigenvalue weighted by atomic mass is 10.0. The molecule has 1 fully saturated rings. The fourth-order valence-corrected chi connectivity index (χ4v) is 3.10. The molecule has 2 aromatic rings. The number of hydrogen-bond donors (Lipinski definition) is 0. The first-order valence-electron chi connectivity index (χ1n) is 7.97. The standard InChI is InChI=1S/C19H24N2/c1-15-6-8-18(9-7-15)19-11-17(12-20-13-19)14-21-10-4-3-5-16(21)2/h6-9,11-13,16H,3-5,10,14H2,1-2H3/t16-/m0/s1. The largest absolute Gasteiger partial charge is 0.296 e. The second-order valence-electron chi connectivity index (χ2n) is 6.26. The Labute approximate surface area is 127 Å². The average molecular weight is 280 g/mol. The summed E-state index contributed by atoms with van der Waals surface area (Å²) in [5, 5.41) is 0. The molecule has 1 aromatic carbocycles. The molecule has 2 heteroatoms. The van der Waals surface area contributed by atoms with Crippen LogP contribution in [0.25, 0.3) is 11.1 Å². The Morgan fingerprint density at radius 2 is 1.90 bits per heavy atom. The van der Waals surface area contributed by atoms with E-state index in [1.807, 2.05) is 12.4 Å². The number of piperidine rings is 1. The van der Waals surface area contributed by atoms with Gasteiger partial charge in [0.2, 0.25) is 0 Å². The lowest BCUT2D eigenvalue weighted by Crippen LogP contribution is -2.36. The molecule has 2 heterocycles. The van der Waals surface area contributed by atoms with Crippen LogP contribution in [-0.4, -0.2) is 22.5 Å². The Kier molecular flexibility index (Phi) is 4.35. The lowest BCUT2D eigenvalue weighted by molar-refractivity contribution is 0.152. The highest BCUT2D eigenvalue weighted by Gasteiger charge is 2.18. The normalized spacial score (nSPS) is 19.6. The molecule has 0 N–H and O–H groups in total. The van der Waals surface area contributed by atoms with Crippen molar-refractivity contribution in [2.24, 2.45) is 0 Å². The van der Waals surface area contributed by atoms with E-state index in [1.54, 1.807) is 0 Å². The zero-order valence-corrected chi connectivity index (χ0v) is 13.0. The van der Waals surface area contributed by atoms with Crippen LogP contribution in [0.5, 0.6) is 0 Å². The molecule has 0 saturated carbocycles. The first-order valence-corrected chi connectivity index (χ1v) is 7.97. The van der Waals surface area contributed by atoms with E-state index < -0.39 is 0 Å². The maximum atomic E-state index is 4.45. The van der Waals surface area contributed by atoms with Crippen LogP contribution in [0.4, 0.5) is 0 Å². The van der Waals surface area contributed by atoms with Crippen LogP contribution in [-0.2, 0) is 6.54 Å². The van der Waals surface area contributed by atoms with E-state index in [-0.39, 0.29) is 0 Å². The zero-order chi connectivity index (χ0) is 14.7. The third-order valence-electron chi connectivity index (χ3n) is 4.51. The van der Waals surface area contributed by atoms with Crippen molar-refractivity contribution in [1.82, 2.24) is 9.88 Å². The van der Waals surface area contributed by atoms with Gasteiger partial charge in [-0.25, -0.2) is 0 Å². The molecule has 0 unspecified atom stereocenters. The Hall–Kier alpha value is -1.67. The van der Waals surface area contributed by atoms with Crippen molar-refractivity contribution < 1.29 is 0 Å². The quantitative estimate of drug-likeness (QED) is 0.826. The van der Waals surface area contributed by atoms with Gasteiger partial charge >= 0.3 is 0 Å². The summed E-state index contributed by atoms with van der Waals surface area (Å²) in [6, 6.07) is 11.7. The summed E-state index contributed by atoms with van der Waals surface area (Å²) < 4.78 is 0. The van der Waals surface area contributed by atoms with Gasteiger partial charge in [-0.05, 0) is 50.4 Å². The van der Waals surface area contributed by atoms with E-state index in [2.05, 4.69) is 54.1 Å². The summed E-state index contributed by atoms with van der Waals surface area (Å²) in [7, 11) is 0. The van der Waals surface area contributed by atoms with E-state index in [1.165, 1.54) is 48.1 Å². The van der Waals surface area contributed by atoms with Gasteiger partial charge in [0.1, 0.15) is 0 Å².